The number of aromatic nitrogens is 1. The van der Waals surface area contributed by atoms with Crippen LogP contribution in [0.3, 0.4) is 0 Å². The van der Waals surface area contributed by atoms with E-state index in [1.807, 2.05) is 25.1 Å². The Balaban J connectivity index is 1.38. The molecule has 0 saturated carbocycles. The Hall–Kier alpha value is -3.13. The Morgan fingerprint density at radius 1 is 1.29 bits per heavy atom. The van der Waals surface area contributed by atoms with Crippen LogP contribution in [-0.2, 0) is 24.0 Å². The lowest BCUT2D eigenvalue weighted by Crippen LogP contribution is -2.15. The molecule has 3 heterocycles. The Bertz CT molecular complexity index is 1180. The molecule has 5 rings (SSSR count). The van der Waals surface area contributed by atoms with Gasteiger partial charge in [-0.15, -0.1) is 11.3 Å². The normalized spacial score (nSPS) is 16.5. The van der Waals surface area contributed by atoms with Gasteiger partial charge in [-0.25, -0.2) is 4.79 Å². The van der Waals surface area contributed by atoms with Crippen molar-refractivity contribution in [3.05, 3.63) is 51.5 Å². The zero-order chi connectivity index (χ0) is 21.5. The van der Waals surface area contributed by atoms with E-state index in [0.717, 1.165) is 53.0 Å². The molecule has 1 aromatic carbocycles. The lowest BCUT2D eigenvalue weighted by molar-refractivity contribution is 0.0527. The van der Waals surface area contributed by atoms with Crippen molar-refractivity contribution in [2.24, 2.45) is 0 Å². The number of nitrogens with one attached hydrogen (secondary N) is 1. The second-order valence-electron chi connectivity index (χ2n) is 7.77. The standard InChI is InChI=1S/C23H22N2O5S/c1-3-28-23(27)20-15-5-4-6-19(15)31-22(20)24-21(26)16-11-18(30-25-16)13-7-8-17-14(10-13)9-12(2)29-17/h7-8,10-12H,3-6,9H2,1-2H3,(H,24,26)/t12-/m0/s1. The molecule has 2 aromatic heterocycles. The van der Waals surface area contributed by atoms with E-state index in [0.29, 0.717) is 16.3 Å². The van der Waals surface area contributed by atoms with E-state index in [2.05, 4.69) is 10.5 Å². The summed E-state index contributed by atoms with van der Waals surface area (Å²) in [5, 5.41) is 7.30. The summed E-state index contributed by atoms with van der Waals surface area (Å²) in [4.78, 5) is 26.5. The first-order valence-corrected chi connectivity index (χ1v) is 11.2. The van der Waals surface area contributed by atoms with Gasteiger partial charge in [-0.05, 0) is 62.4 Å². The SMILES string of the molecule is CCOC(=O)c1c(NC(=O)c2cc(-c3ccc4c(c3)C[C@H](C)O4)on2)sc2c1CCC2. The van der Waals surface area contributed by atoms with Crippen molar-refractivity contribution >= 4 is 28.2 Å². The third kappa shape index (κ3) is 3.61. The van der Waals surface area contributed by atoms with E-state index in [1.165, 1.54) is 11.3 Å². The molecule has 0 bridgehead atoms. The molecular weight excluding hydrogens is 416 g/mol. The number of ether oxygens (including phenoxy) is 2. The quantitative estimate of drug-likeness (QED) is 0.584. The Morgan fingerprint density at radius 2 is 2.16 bits per heavy atom. The Labute approximate surface area is 183 Å². The number of carbonyl (C=O) groups excluding carboxylic acids is 2. The summed E-state index contributed by atoms with van der Waals surface area (Å²) in [6.07, 6.45) is 3.74. The smallest absolute Gasteiger partial charge is 0.341 e. The number of amides is 1. The van der Waals surface area contributed by atoms with Gasteiger partial charge in [-0.1, -0.05) is 5.16 Å². The summed E-state index contributed by atoms with van der Waals surface area (Å²) in [5.74, 6) is 0.573. The number of fused-ring (bicyclic) bond motifs is 2. The molecule has 1 N–H and O–H groups in total. The van der Waals surface area contributed by atoms with Crippen molar-refractivity contribution in [1.29, 1.82) is 0 Å². The van der Waals surface area contributed by atoms with Gasteiger partial charge < -0.3 is 19.3 Å². The van der Waals surface area contributed by atoms with Gasteiger partial charge in [0.1, 0.15) is 16.9 Å². The van der Waals surface area contributed by atoms with E-state index >= 15 is 0 Å². The van der Waals surface area contributed by atoms with Crippen molar-refractivity contribution in [3.63, 3.8) is 0 Å². The number of esters is 1. The lowest BCUT2D eigenvalue weighted by atomic mass is 10.1. The maximum atomic E-state index is 12.8. The van der Waals surface area contributed by atoms with Crippen LogP contribution in [0, 0.1) is 0 Å². The van der Waals surface area contributed by atoms with E-state index in [1.54, 1.807) is 13.0 Å². The average Bonchev–Trinajstić information content (AvgIpc) is 3.50. The number of aryl methyl sites for hydroxylation is 1. The van der Waals surface area contributed by atoms with Crippen LogP contribution >= 0.6 is 11.3 Å². The highest BCUT2D eigenvalue weighted by Crippen LogP contribution is 2.40. The third-order valence-electron chi connectivity index (χ3n) is 5.55. The molecule has 0 fully saturated rings. The molecule has 1 aliphatic heterocycles. The molecule has 0 radical (unpaired) electrons. The van der Waals surface area contributed by atoms with Gasteiger partial charge in [0.15, 0.2) is 11.5 Å². The maximum absolute atomic E-state index is 12.8. The van der Waals surface area contributed by atoms with Gasteiger partial charge in [-0.3, -0.25) is 4.79 Å². The van der Waals surface area contributed by atoms with Gasteiger partial charge in [0.25, 0.3) is 5.91 Å². The summed E-state index contributed by atoms with van der Waals surface area (Å²) in [7, 11) is 0. The fourth-order valence-electron chi connectivity index (χ4n) is 4.17. The average molecular weight is 439 g/mol. The largest absolute Gasteiger partial charge is 0.490 e. The van der Waals surface area contributed by atoms with Gasteiger partial charge in [-0.2, -0.15) is 0 Å². The number of anilines is 1. The second-order valence-corrected chi connectivity index (χ2v) is 8.87. The van der Waals surface area contributed by atoms with Gasteiger partial charge in [0.2, 0.25) is 0 Å². The van der Waals surface area contributed by atoms with Crippen LogP contribution in [0.5, 0.6) is 5.75 Å². The van der Waals surface area contributed by atoms with Gasteiger partial charge in [0, 0.05) is 22.9 Å². The van der Waals surface area contributed by atoms with Crippen LogP contribution in [0.4, 0.5) is 5.00 Å². The minimum Gasteiger partial charge on any atom is -0.490 e. The molecule has 31 heavy (non-hydrogen) atoms. The first-order chi connectivity index (χ1) is 15.0. The zero-order valence-electron chi connectivity index (χ0n) is 17.3. The first kappa shape index (κ1) is 19.8. The monoisotopic (exact) mass is 438 g/mol. The van der Waals surface area contributed by atoms with Crippen LogP contribution < -0.4 is 10.1 Å². The molecule has 1 aliphatic carbocycles. The summed E-state index contributed by atoms with van der Waals surface area (Å²) in [6.45, 7) is 4.08. The molecule has 2 aliphatic rings. The van der Waals surface area contributed by atoms with Gasteiger partial charge >= 0.3 is 5.97 Å². The molecule has 0 spiro atoms. The van der Waals surface area contributed by atoms with E-state index < -0.39 is 11.9 Å². The van der Waals surface area contributed by atoms with Gasteiger partial charge in [0.05, 0.1) is 12.2 Å². The topological polar surface area (TPSA) is 90.7 Å². The maximum Gasteiger partial charge on any atom is 0.341 e. The minimum atomic E-state index is -0.418. The number of carbonyl (C=O) groups is 2. The highest BCUT2D eigenvalue weighted by molar-refractivity contribution is 7.17. The highest BCUT2D eigenvalue weighted by atomic mass is 32.1. The number of hydrogen-bond acceptors (Lipinski definition) is 7. The van der Waals surface area contributed by atoms with Crippen LogP contribution in [-0.4, -0.2) is 29.7 Å². The van der Waals surface area contributed by atoms with Crippen molar-refractivity contribution in [2.75, 3.05) is 11.9 Å². The first-order valence-electron chi connectivity index (χ1n) is 10.4. The lowest BCUT2D eigenvalue weighted by Gasteiger charge is -2.06. The molecular formula is C23H22N2O5S. The van der Waals surface area contributed by atoms with E-state index in [4.69, 9.17) is 14.0 Å². The third-order valence-corrected chi connectivity index (χ3v) is 6.76. The Morgan fingerprint density at radius 3 is 3.00 bits per heavy atom. The van der Waals surface area contributed by atoms with Crippen LogP contribution in [0.25, 0.3) is 11.3 Å². The zero-order valence-corrected chi connectivity index (χ0v) is 18.1. The second kappa shape index (κ2) is 7.85. The van der Waals surface area contributed by atoms with E-state index in [9.17, 15) is 9.59 Å². The number of hydrogen-bond donors (Lipinski definition) is 1. The molecule has 7 nitrogen and oxygen atoms in total. The van der Waals surface area contributed by atoms with E-state index in [-0.39, 0.29) is 18.4 Å². The number of nitrogens with zero attached hydrogens (tertiary/aromatic N) is 1. The molecule has 3 aromatic rings. The Kier molecular flexibility index (Phi) is 5.02. The summed E-state index contributed by atoms with van der Waals surface area (Å²) < 4.78 is 16.4. The predicted molar refractivity (Wildman–Crippen MR) is 116 cm³/mol. The molecule has 0 saturated heterocycles. The van der Waals surface area contributed by atoms with Crippen molar-refractivity contribution < 1.29 is 23.6 Å². The summed E-state index contributed by atoms with van der Waals surface area (Å²) >= 11 is 1.44. The molecule has 8 heteroatoms. The molecule has 1 atom stereocenters. The highest BCUT2D eigenvalue weighted by Gasteiger charge is 2.29. The number of benzene rings is 1. The van der Waals surface area contributed by atoms with Crippen molar-refractivity contribution in [2.45, 2.75) is 45.6 Å². The minimum absolute atomic E-state index is 0.155. The van der Waals surface area contributed by atoms with Crippen LogP contribution in [0.15, 0.2) is 28.8 Å². The fourth-order valence-corrected chi connectivity index (χ4v) is 5.44. The number of rotatable bonds is 5. The van der Waals surface area contributed by atoms with Crippen molar-refractivity contribution in [3.8, 4) is 17.1 Å². The molecule has 160 valence electrons. The fraction of sp³-hybridized carbons (Fsp3) is 0.348. The summed E-state index contributed by atoms with van der Waals surface area (Å²) in [5.41, 5.74) is 3.58. The predicted octanol–water partition coefficient (Wildman–Crippen LogP) is 4.64. The van der Waals surface area contributed by atoms with Crippen molar-refractivity contribution in [1.82, 2.24) is 5.16 Å². The molecule has 0 unspecified atom stereocenters. The number of thiophene rings is 1. The van der Waals surface area contributed by atoms with Crippen LogP contribution in [0.2, 0.25) is 0 Å². The molecule has 1 amide bonds. The summed E-state index contributed by atoms with van der Waals surface area (Å²) in [6, 6.07) is 7.42. The van der Waals surface area contributed by atoms with Crippen LogP contribution in [0.1, 0.15) is 57.1 Å².